The molecule has 1 aliphatic heterocycles. The lowest BCUT2D eigenvalue weighted by atomic mass is 9.94. The Morgan fingerprint density at radius 2 is 1.83 bits per heavy atom. The predicted octanol–water partition coefficient (Wildman–Crippen LogP) is 2.67. The van der Waals surface area contributed by atoms with Crippen LogP contribution in [0.15, 0.2) is 46.9 Å². The molecule has 3 aromatic rings. The molecule has 2 N–H and O–H groups in total. The van der Waals surface area contributed by atoms with Gasteiger partial charge in [0.25, 0.3) is 0 Å². The number of benzene rings is 1. The zero-order valence-corrected chi connectivity index (χ0v) is 25.6. The van der Waals surface area contributed by atoms with Gasteiger partial charge in [0.2, 0.25) is 11.8 Å². The van der Waals surface area contributed by atoms with Crippen molar-refractivity contribution in [3.8, 4) is 11.5 Å². The number of nitrogens with zero attached hydrogens (tertiary/aromatic N) is 6. The maximum Gasteiger partial charge on any atom is 0.305 e. The highest BCUT2D eigenvalue weighted by Crippen LogP contribution is 2.39. The molecule has 1 aromatic carbocycles. The number of aromatic nitrogens is 3. The van der Waals surface area contributed by atoms with Crippen molar-refractivity contribution in [2.75, 3.05) is 69.4 Å². The summed E-state index contributed by atoms with van der Waals surface area (Å²) in [5.41, 5.74) is 7.35. The maximum absolute atomic E-state index is 13.6. The molecule has 3 atom stereocenters. The minimum Gasteiger partial charge on any atom is -0.419 e. The summed E-state index contributed by atoms with van der Waals surface area (Å²) in [4.78, 5) is 6.97. The highest BCUT2D eigenvalue weighted by molar-refractivity contribution is 7.90. The van der Waals surface area contributed by atoms with Crippen LogP contribution in [0.2, 0.25) is 0 Å². The molecule has 2 aliphatic rings. The topological polar surface area (TPSA) is 140 Å². The van der Waals surface area contributed by atoms with Gasteiger partial charge in [0.15, 0.2) is 0 Å². The number of nitrogens with two attached hydrogens (primary N) is 1. The predicted molar refractivity (Wildman–Crippen MR) is 160 cm³/mol. The molecule has 0 bridgehead atoms. The summed E-state index contributed by atoms with van der Waals surface area (Å²) in [6.07, 6.45) is 1.65. The van der Waals surface area contributed by atoms with Gasteiger partial charge >= 0.3 is 10.2 Å². The number of rotatable bonds is 13. The minimum atomic E-state index is -3.85. The summed E-state index contributed by atoms with van der Waals surface area (Å²) in [6, 6.07) is 13.4. The van der Waals surface area contributed by atoms with Gasteiger partial charge in [-0.25, -0.2) is 9.29 Å². The van der Waals surface area contributed by atoms with Crippen LogP contribution in [0.1, 0.15) is 31.7 Å². The molecule has 1 saturated heterocycles. The van der Waals surface area contributed by atoms with Gasteiger partial charge in [-0.2, -0.15) is 12.7 Å². The van der Waals surface area contributed by atoms with Gasteiger partial charge in [0.05, 0.1) is 25.4 Å². The van der Waals surface area contributed by atoms with Gasteiger partial charge < -0.3 is 24.5 Å². The van der Waals surface area contributed by atoms with Crippen molar-refractivity contribution < 1.29 is 22.3 Å². The second-order valence-electron chi connectivity index (χ2n) is 11.5. The molecule has 1 saturated carbocycles. The molecule has 0 spiro atoms. The number of hydrogen-bond acceptors (Lipinski definition) is 10. The normalized spacial score (nSPS) is 20.7. The third kappa shape index (κ3) is 6.92. The van der Waals surface area contributed by atoms with Crippen LogP contribution in [-0.4, -0.2) is 88.1 Å². The fourth-order valence-corrected chi connectivity index (χ4v) is 6.41. The first kappa shape index (κ1) is 30.4. The molecule has 2 aromatic heterocycles. The first-order valence-electron chi connectivity index (χ1n) is 14.3. The lowest BCUT2D eigenvalue weighted by molar-refractivity contribution is 0.0729. The van der Waals surface area contributed by atoms with Crippen molar-refractivity contribution in [2.24, 2.45) is 17.6 Å². The highest BCUT2D eigenvalue weighted by Gasteiger charge is 2.35. The highest BCUT2D eigenvalue weighted by atomic mass is 32.2. The Labute approximate surface area is 248 Å². The van der Waals surface area contributed by atoms with Gasteiger partial charge in [-0.15, -0.1) is 10.2 Å². The fraction of sp³-hybridized carbons (Fsp3) is 0.552. The number of pyridine rings is 1. The van der Waals surface area contributed by atoms with Gasteiger partial charge in [-0.05, 0) is 49.3 Å². The number of morpholine rings is 1. The summed E-state index contributed by atoms with van der Waals surface area (Å²) < 4.78 is 46.7. The van der Waals surface area contributed by atoms with E-state index in [1.807, 2.05) is 43.3 Å². The van der Waals surface area contributed by atoms with E-state index in [1.54, 1.807) is 13.2 Å². The van der Waals surface area contributed by atoms with Crippen LogP contribution in [0.3, 0.4) is 0 Å². The lowest BCUT2D eigenvalue weighted by Gasteiger charge is -2.31. The molecule has 5 rings (SSSR count). The van der Waals surface area contributed by atoms with Crippen molar-refractivity contribution in [2.45, 2.75) is 32.2 Å². The Bertz CT molecular complexity index is 1440. The van der Waals surface area contributed by atoms with Crippen LogP contribution in [0.5, 0.6) is 0 Å². The smallest absolute Gasteiger partial charge is 0.305 e. The quantitative estimate of drug-likeness (QED) is 0.312. The molecule has 2 fully saturated rings. The van der Waals surface area contributed by atoms with E-state index in [4.69, 9.17) is 24.6 Å². The second-order valence-corrected chi connectivity index (χ2v) is 13.4. The van der Waals surface area contributed by atoms with Crippen molar-refractivity contribution >= 4 is 21.8 Å². The molecule has 1 aliphatic carbocycles. The monoisotopic (exact) mass is 599 g/mol. The maximum atomic E-state index is 13.6. The molecule has 13 heteroatoms. The lowest BCUT2D eigenvalue weighted by Crippen LogP contribution is -2.47. The van der Waals surface area contributed by atoms with Crippen LogP contribution in [0, 0.1) is 11.8 Å². The number of hydrogen-bond donors (Lipinski definition) is 1. The van der Waals surface area contributed by atoms with Gasteiger partial charge in [0, 0.05) is 45.9 Å². The Kier molecular flexibility index (Phi) is 9.14. The Hall–Kier alpha value is -3.10. The third-order valence-electron chi connectivity index (χ3n) is 7.96. The van der Waals surface area contributed by atoms with Crippen LogP contribution in [0.4, 0.5) is 11.6 Å². The van der Waals surface area contributed by atoms with Gasteiger partial charge in [-0.1, -0.05) is 37.3 Å². The fourth-order valence-electron chi connectivity index (χ4n) is 5.12. The summed E-state index contributed by atoms with van der Waals surface area (Å²) >= 11 is 0. The zero-order chi connectivity index (χ0) is 29.9. The van der Waals surface area contributed by atoms with Gasteiger partial charge in [-0.3, -0.25) is 0 Å². The van der Waals surface area contributed by atoms with Crippen LogP contribution in [-0.2, 0) is 31.6 Å². The average molecular weight is 600 g/mol. The van der Waals surface area contributed by atoms with E-state index in [-0.39, 0.29) is 24.8 Å². The average Bonchev–Trinajstić information content (AvgIpc) is 3.45. The van der Waals surface area contributed by atoms with E-state index < -0.39 is 15.7 Å². The molecular weight excluding hydrogens is 558 g/mol. The summed E-state index contributed by atoms with van der Waals surface area (Å²) in [5.74, 6) is 2.56. The number of anilines is 2. The van der Waals surface area contributed by atoms with E-state index in [0.717, 1.165) is 18.5 Å². The summed E-state index contributed by atoms with van der Waals surface area (Å²) in [5, 5.41) is 8.63. The molecule has 2 unspecified atom stereocenters. The van der Waals surface area contributed by atoms with Crippen LogP contribution >= 0.6 is 0 Å². The standard InChI is InChI=1S/C29H41N7O5S/c1-21-16-24(21)20-35(10-13-39-4)26-18-23(17-25(31-26)34(3)42(37,38)36-11-14-40-15-12-36)27-32-33-28(41-27)29(2,30)19-22-8-6-5-7-9-22/h5-9,17-18,21,24H,10-16,19-20,30H2,1-4H3/t21?,24?,29-/m1/s1. The van der Waals surface area contributed by atoms with E-state index in [1.165, 1.54) is 15.7 Å². The third-order valence-corrected chi connectivity index (χ3v) is 9.86. The van der Waals surface area contributed by atoms with Crippen molar-refractivity contribution in [3.05, 3.63) is 53.9 Å². The minimum absolute atomic E-state index is 0.239. The molecule has 3 heterocycles. The molecule has 0 amide bonds. The summed E-state index contributed by atoms with van der Waals surface area (Å²) in [6.45, 7) is 7.23. The van der Waals surface area contributed by atoms with Crippen LogP contribution < -0.4 is 14.9 Å². The van der Waals surface area contributed by atoms with Crippen LogP contribution in [0.25, 0.3) is 11.5 Å². The molecule has 12 nitrogen and oxygen atoms in total. The molecule has 42 heavy (non-hydrogen) atoms. The number of methoxy groups -OCH3 is 1. The zero-order valence-electron chi connectivity index (χ0n) is 24.8. The van der Waals surface area contributed by atoms with Crippen molar-refractivity contribution in [1.29, 1.82) is 0 Å². The first-order chi connectivity index (χ1) is 20.1. The molecule has 0 radical (unpaired) electrons. The van der Waals surface area contributed by atoms with Gasteiger partial charge in [0.1, 0.15) is 11.6 Å². The second kappa shape index (κ2) is 12.6. The van der Waals surface area contributed by atoms with E-state index in [2.05, 4.69) is 22.0 Å². The largest absolute Gasteiger partial charge is 0.419 e. The molecule has 228 valence electrons. The summed E-state index contributed by atoms with van der Waals surface area (Å²) in [7, 11) is -0.676. The van der Waals surface area contributed by atoms with E-state index in [0.29, 0.717) is 61.9 Å². The SMILES string of the molecule is COCCN(CC1CC1C)c1cc(-c2nnc([C@](C)(N)Cc3ccccc3)o2)cc(N(C)S(=O)(=O)N2CCOCC2)n1. The molecular formula is C29H41N7O5S. The number of ether oxygens (including phenoxy) is 2. The Morgan fingerprint density at radius 1 is 1.14 bits per heavy atom. The Morgan fingerprint density at radius 3 is 2.50 bits per heavy atom. The van der Waals surface area contributed by atoms with E-state index in [9.17, 15) is 8.42 Å². The van der Waals surface area contributed by atoms with Crippen molar-refractivity contribution in [3.63, 3.8) is 0 Å². The van der Waals surface area contributed by atoms with Crippen molar-refractivity contribution in [1.82, 2.24) is 19.5 Å². The Balaban J connectivity index is 1.51. The first-order valence-corrected chi connectivity index (χ1v) is 15.7. The van der Waals surface area contributed by atoms with E-state index >= 15 is 0 Å².